The van der Waals surface area contributed by atoms with Gasteiger partial charge in [-0.3, -0.25) is 14.7 Å². The van der Waals surface area contributed by atoms with Crippen LogP contribution in [0.2, 0.25) is 0 Å². The lowest BCUT2D eigenvalue weighted by atomic mass is 10.1. The number of fused-ring (bicyclic) bond motifs is 2. The number of nitrogens with two attached hydrogens (primary N) is 1. The fourth-order valence-electron chi connectivity index (χ4n) is 3.10. The second-order valence-corrected chi connectivity index (χ2v) is 7.47. The molecule has 2 amide bonds. The molecule has 0 aliphatic rings. The van der Waals surface area contributed by atoms with Gasteiger partial charge < -0.3 is 15.8 Å². The Balaban J connectivity index is 1.85. The summed E-state index contributed by atoms with van der Waals surface area (Å²) in [6, 6.07) is 12.8. The Hall–Kier alpha value is -3.39. The second-order valence-electron chi connectivity index (χ2n) is 6.39. The standard InChI is InChI=1S/C20H18N4O3S/c1-10(19(21)25)22-20(26)12-7-8-13-16(18(12)27-2)17(24-23-13)15-9-11-5-3-4-6-14(11)28-15/h3-10H,1-2H3,(H2,21,25)(H,22,26)(H,23,24). The fraction of sp³-hybridized carbons (Fsp3) is 0.150. The highest BCUT2D eigenvalue weighted by Crippen LogP contribution is 2.40. The van der Waals surface area contributed by atoms with Crippen LogP contribution in [0.4, 0.5) is 0 Å². The minimum absolute atomic E-state index is 0.312. The number of methoxy groups -OCH3 is 1. The summed E-state index contributed by atoms with van der Waals surface area (Å²) in [6.45, 7) is 1.53. The molecule has 8 heteroatoms. The maximum absolute atomic E-state index is 12.7. The van der Waals surface area contributed by atoms with Crippen molar-refractivity contribution in [1.29, 1.82) is 0 Å². The van der Waals surface area contributed by atoms with E-state index in [4.69, 9.17) is 10.5 Å². The van der Waals surface area contributed by atoms with Gasteiger partial charge in [-0.25, -0.2) is 0 Å². The van der Waals surface area contributed by atoms with Crippen molar-refractivity contribution in [2.45, 2.75) is 13.0 Å². The number of H-pyrrole nitrogens is 1. The van der Waals surface area contributed by atoms with Crippen LogP contribution in [0.25, 0.3) is 31.6 Å². The quantitative estimate of drug-likeness (QED) is 0.483. The predicted octanol–water partition coefficient (Wildman–Crippen LogP) is 3.06. The van der Waals surface area contributed by atoms with Crippen molar-refractivity contribution in [2.24, 2.45) is 5.73 Å². The first-order chi connectivity index (χ1) is 13.5. The third kappa shape index (κ3) is 2.97. The normalized spacial score (nSPS) is 12.2. The Morgan fingerprint density at radius 2 is 2.04 bits per heavy atom. The van der Waals surface area contributed by atoms with E-state index < -0.39 is 17.9 Å². The van der Waals surface area contributed by atoms with Crippen molar-refractivity contribution in [3.8, 4) is 16.3 Å². The molecule has 0 radical (unpaired) electrons. The zero-order valence-electron chi connectivity index (χ0n) is 15.3. The summed E-state index contributed by atoms with van der Waals surface area (Å²) in [4.78, 5) is 24.9. The van der Waals surface area contributed by atoms with Crippen molar-refractivity contribution < 1.29 is 14.3 Å². The first-order valence-corrected chi connectivity index (χ1v) is 9.45. The van der Waals surface area contributed by atoms with Gasteiger partial charge in [0.25, 0.3) is 5.91 Å². The third-order valence-electron chi connectivity index (χ3n) is 4.57. The van der Waals surface area contributed by atoms with E-state index in [2.05, 4.69) is 33.7 Å². The number of ether oxygens (including phenoxy) is 1. The van der Waals surface area contributed by atoms with Gasteiger partial charge in [-0.05, 0) is 36.6 Å². The average Bonchev–Trinajstić information content (AvgIpc) is 3.30. The lowest BCUT2D eigenvalue weighted by molar-refractivity contribution is -0.119. The van der Waals surface area contributed by atoms with Crippen LogP contribution in [0.15, 0.2) is 42.5 Å². The van der Waals surface area contributed by atoms with Gasteiger partial charge in [0.05, 0.1) is 34.1 Å². The van der Waals surface area contributed by atoms with Crippen molar-refractivity contribution in [2.75, 3.05) is 7.11 Å². The summed E-state index contributed by atoms with van der Waals surface area (Å²) in [7, 11) is 1.50. The third-order valence-corrected chi connectivity index (χ3v) is 5.70. The molecule has 1 unspecified atom stereocenters. The number of primary amides is 1. The molecule has 7 nitrogen and oxygen atoms in total. The van der Waals surface area contributed by atoms with E-state index in [0.717, 1.165) is 20.7 Å². The Morgan fingerprint density at radius 3 is 2.75 bits per heavy atom. The molecule has 0 saturated carbocycles. The Morgan fingerprint density at radius 1 is 1.25 bits per heavy atom. The van der Waals surface area contributed by atoms with Gasteiger partial charge in [0.1, 0.15) is 11.8 Å². The van der Waals surface area contributed by atoms with Gasteiger partial charge in [0.2, 0.25) is 5.91 Å². The predicted molar refractivity (Wildman–Crippen MR) is 110 cm³/mol. The molecule has 0 fully saturated rings. The molecule has 4 rings (SSSR count). The zero-order valence-corrected chi connectivity index (χ0v) is 16.1. The molecule has 28 heavy (non-hydrogen) atoms. The van der Waals surface area contributed by atoms with Crippen molar-refractivity contribution >= 4 is 44.1 Å². The highest BCUT2D eigenvalue weighted by molar-refractivity contribution is 7.22. The SMILES string of the molecule is COc1c(C(=O)NC(C)C(N)=O)ccc2n[nH]c(-c3cc4ccccc4s3)c12. The van der Waals surface area contributed by atoms with E-state index in [0.29, 0.717) is 22.2 Å². The van der Waals surface area contributed by atoms with Crippen LogP contribution >= 0.6 is 11.3 Å². The molecule has 0 aliphatic carbocycles. The second kappa shape index (κ2) is 6.97. The number of benzene rings is 2. The van der Waals surface area contributed by atoms with E-state index in [1.165, 1.54) is 14.0 Å². The van der Waals surface area contributed by atoms with Gasteiger partial charge in [0.15, 0.2) is 0 Å². The van der Waals surface area contributed by atoms with Crippen LogP contribution in [-0.2, 0) is 4.79 Å². The summed E-state index contributed by atoms with van der Waals surface area (Å²) >= 11 is 1.63. The summed E-state index contributed by atoms with van der Waals surface area (Å²) in [5, 5.41) is 11.9. The summed E-state index contributed by atoms with van der Waals surface area (Å²) < 4.78 is 6.74. The van der Waals surface area contributed by atoms with E-state index in [1.807, 2.05) is 12.1 Å². The van der Waals surface area contributed by atoms with E-state index in [1.54, 1.807) is 23.5 Å². The topological polar surface area (TPSA) is 110 Å². The number of aromatic amines is 1. The fourth-order valence-corrected chi connectivity index (χ4v) is 4.16. The molecule has 2 heterocycles. The van der Waals surface area contributed by atoms with Gasteiger partial charge in [-0.15, -0.1) is 11.3 Å². The number of carbonyl (C=O) groups is 2. The minimum atomic E-state index is -0.792. The molecule has 1 atom stereocenters. The van der Waals surface area contributed by atoms with E-state index in [-0.39, 0.29) is 0 Å². The van der Waals surface area contributed by atoms with Crippen molar-refractivity contribution in [3.63, 3.8) is 0 Å². The molecule has 0 aliphatic heterocycles. The van der Waals surface area contributed by atoms with Crippen LogP contribution in [0, 0.1) is 0 Å². The average molecular weight is 394 g/mol. The van der Waals surface area contributed by atoms with Crippen LogP contribution < -0.4 is 15.8 Å². The molecule has 0 saturated heterocycles. The summed E-state index contributed by atoms with van der Waals surface area (Å²) in [5.74, 6) is -0.649. The van der Waals surface area contributed by atoms with Crippen molar-refractivity contribution in [3.05, 3.63) is 48.0 Å². The number of nitrogens with zero attached hydrogens (tertiary/aromatic N) is 1. The first-order valence-electron chi connectivity index (χ1n) is 8.63. The summed E-state index contributed by atoms with van der Waals surface area (Å²) in [6.07, 6.45) is 0. The molecular weight excluding hydrogens is 376 g/mol. The summed E-state index contributed by atoms with van der Waals surface area (Å²) in [5.41, 5.74) is 7.02. The smallest absolute Gasteiger partial charge is 0.255 e. The maximum atomic E-state index is 12.7. The Kier molecular flexibility index (Phi) is 4.48. The Bertz CT molecular complexity index is 1180. The Labute approximate surface area is 164 Å². The molecule has 0 bridgehead atoms. The van der Waals surface area contributed by atoms with Crippen LogP contribution in [0.3, 0.4) is 0 Å². The molecular formula is C20H18N4O3S. The minimum Gasteiger partial charge on any atom is -0.495 e. The van der Waals surface area contributed by atoms with Crippen LogP contribution in [0.1, 0.15) is 17.3 Å². The van der Waals surface area contributed by atoms with E-state index in [9.17, 15) is 9.59 Å². The van der Waals surface area contributed by atoms with Gasteiger partial charge in [0, 0.05) is 4.70 Å². The lowest BCUT2D eigenvalue weighted by Gasteiger charge is -2.13. The molecule has 2 aromatic carbocycles. The number of carbonyl (C=O) groups excluding carboxylic acids is 2. The zero-order chi connectivity index (χ0) is 19.8. The van der Waals surface area contributed by atoms with Crippen molar-refractivity contribution in [1.82, 2.24) is 15.5 Å². The molecule has 4 aromatic rings. The lowest BCUT2D eigenvalue weighted by Crippen LogP contribution is -2.42. The van der Waals surface area contributed by atoms with Gasteiger partial charge in [-0.1, -0.05) is 18.2 Å². The number of hydrogen-bond donors (Lipinski definition) is 3. The number of nitrogens with one attached hydrogen (secondary N) is 2. The molecule has 142 valence electrons. The highest BCUT2D eigenvalue weighted by Gasteiger charge is 2.23. The monoisotopic (exact) mass is 394 g/mol. The van der Waals surface area contributed by atoms with Gasteiger partial charge >= 0.3 is 0 Å². The van der Waals surface area contributed by atoms with Crippen LogP contribution in [0.5, 0.6) is 5.75 Å². The molecule has 4 N–H and O–H groups in total. The number of rotatable bonds is 5. The number of aromatic nitrogens is 2. The largest absolute Gasteiger partial charge is 0.495 e. The van der Waals surface area contributed by atoms with Crippen LogP contribution in [-0.4, -0.2) is 35.2 Å². The number of thiophene rings is 1. The van der Waals surface area contributed by atoms with E-state index >= 15 is 0 Å². The molecule has 0 spiro atoms. The molecule has 2 aromatic heterocycles. The maximum Gasteiger partial charge on any atom is 0.255 e. The van der Waals surface area contributed by atoms with Gasteiger partial charge in [-0.2, -0.15) is 5.10 Å². The number of hydrogen-bond acceptors (Lipinski definition) is 5. The first kappa shape index (κ1) is 18.0. The number of amides is 2. The highest BCUT2D eigenvalue weighted by atomic mass is 32.1.